The molecule has 0 atom stereocenters. The average molecular weight is 772 g/mol. The Kier molecular flexibility index (Phi) is 8.53. The van der Waals surface area contributed by atoms with E-state index in [1.165, 1.54) is 22.9 Å². The largest absolute Gasteiger partial charge is 0.557 e. The van der Waals surface area contributed by atoms with E-state index in [9.17, 15) is 0 Å². The Hall–Kier alpha value is -4.31. The van der Waals surface area contributed by atoms with Gasteiger partial charge in [-0.15, -0.1) is 42.0 Å². The van der Waals surface area contributed by atoms with Crippen LogP contribution in [0.25, 0.3) is 44.6 Å². The summed E-state index contributed by atoms with van der Waals surface area (Å²) in [5.41, 5.74) is 9.51. The van der Waals surface area contributed by atoms with E-state index < -0.39 is 6.85 Å². The van der Waals surface area contributed by atoms with Crippen molar-refractivity contribution in [3.63, 3.8) is 0 Å². The molecule has 0 aliphatic rings. The molecule has 0 amide bonds. The number of nitrogens with zero attached hydrogens (tertiary/aromatic N) is 3. The van der Waals surface area contributed by atoms with Crippen LogP contribution in [0.15, 0.2) is 114 Å². The summed E-state index contributed by atoms with van der Waals surface area (Å²) in [5, 5.41) is 0.929. The molecule has 5 heteroatoms. The van der Waals surface area contributed by atoms with Crippen molar-refractivity contribution in [2.75, 3.05) is 0 Å². The Morgan fingerprint density at radius 1 is 0.867 bits per heavy atom. The predicted octanol–water partition coefficient (Wildman–Crippen LogP) is 10.4. The average Bonchev–Trinajstić information content (AvgIpc) is 3.65. The van der Waals surface area contributed by atoms with Gasteiger partial charge in [0.25, 0.3) is 0 Å². The Labute approximate surface area is 285 Å². The van der Waals surface area contributed by atoms with Crippen molar-refractivity contribution in [2.24, 2.45) is 0 Å². The Bertz CT molecular complexity index is 2140. The van der Waals surface area contributed by atoms with E-state index in [4.69, 9.17) is 14.9 Å². The number of benzene rings is 4. The van der Waals surface area contributed by atoms with E-state index >= 15 is 0 Å². The van der Waals surface area contributed by atoms with Crippen molar-refractivity contribution in [1.82, 2.24) is 14.5 Å². The molecule has 7 aromatic rings. The second-order valence-electron chi connectivity index (χ2n) is 11.4. The van der Waals surface area contributed by atoms with Gasteiger partial charge < -0.3 is 14.0 Å². The Morgan fingerprint density at radius 3 is 2.33 bits per heavy atom. The van der Waals surface area contributed by atoms with Crippen molar-refractivity contribution in [3.05, 3.63) is 144 Å². The van der Waals surface area contributed by atoms with Crippen LogP contribution in [0.1, 0.15) is 67.3 Å². The van der Waals surface area contributed by atoms with E-state index in [0.29, 0.717) is 23.5 Å². The van der Waals surface area contributed by atoms with Gasteiger partial charge in [-0.05, 0) is 58.8 Å². The fraction of sp³-hybridized carbons (Fsp3) is 0.200. The summed E-state index contributed by atoms with van der Waals surface area (Å²) in [6, 6.07) is 34.6. The van der Waals surface area contributed by atoms with E-state index in [-0.39, 0.29) is 25.7 Å². The molecule has 4 aromatic carbocycles. The summed E-state index contributed by atoms with van der Waals surface area (Å²) in [7, 11) is 0. The van der Waals surface area contributed by atoms with Gasteiger partial charge in [0.05, 0.1) is 18.2 Å². The first-order valence-electron chi connectivity index (χ1n) is 16.9. The fourth-order valence-electron chi connectivity index (χ4n) is 5.61. The number of hydrogen-bond donors (Lipinski definition) is 0. The number of furan rings is 1. The fourth-order valence-corrected chi connectivity index (χ4v) is 5.61. The number of hydrogen-bond acceptors (Lipinski definition) is 3. The monoisotopic (exact) mass is 772 g/mol. The third-order valence-corrected chi connectivity index (χ3v) is 7.79. The summed E-state index contributed by atoms with van der Waals surface area (Å²) in [6.07, 6.45) is 4.47. The Morgan fingerprint density at radius 2 is 1.64 bits per heavy atom. The second kappa shape index (κ2) is 14.2. The second-order valence-corrected chi connectivity index (χ2v) is 11.4. The van der Waals surface area contributed by atoms with Crippen molar-refractivity contribution in [1.29, 1.82) is 0 Å². The molecule has 0 saturated carbocycles. The topological polar surface area (TPSA) is 43.9 Å². The van der Waals surface area contributed by atoms with Crippen LogP contribution in [-0.4, -0.2) is 14.5 Å². The quantitative estimate of drug-likeness (QED) is 0.158. The minimum absolute atomic E-state index is 0. The molecule has 7 rings (SSSR count). The van der Waals surface area contributed by atoms with Crippen molar-refractivity contribution < 1.29 is 30.0 Å². The zero-order valence-corrected chi connectivity index (χ0v) is 28.2. The molecule has 0 N–H and O–H groups in total. The van der Waals surface area contributed by atoms with Crippen LogP contribution in [0, 0.1) is 19.2 Å². The Balaban J connectivity index is 0.000000233. The van der Waals surface area contributed by atoms with E-state index in [1.54, 1.807) is 30.3 Å². The maximum absolute atomic E-state index is 7.90. The van der Waals surface area contributed by atoms with Crippen molar-refractivity contribution in [3.8, 4) is 22.6 Å². The number of aromatic nitrogens is 3. The predicted molar refractivity (Wildman–Crippen MR) is 181 cm³/mol. The first kappa shape index (κ1) is 27.0. The van der Waals surface area contributed by atoms with Crippen molar-refractivity contribution in [2.45, 2.75) is 52.9 Å². The molecule has 3 aromatic heterocycles. The van der Waals surface area contributed by atoms with Gasteiger partial charge in [-0.2, -0.15) is 0 Å². The molecule has 0 fully saturated rings. The number of para-hydroxylation sites is 3. The molecule has 1 radical (unpaired) electrons. The SMILES string of the molecule is [2H]C([2H])([2H])c1ccc(-c2[c-]cccc2)nc1.[2H]c1ccc2c(-c3nc4ccccc4n3Cc3c(C(C)C)cccc3C(C)C)[c-]oc2c1.[Ir]. The van der Waals surface area contributed by atoms with Gasteiger partial charge in [0.1, 0.15) is 0 Å². The molecular weight excluding hydrogens is 731 g/mol. The van der Waals surface area contributed by atoms with Gasteiger partial charge in [0.2, 0.25) is 0 Å². The minimum atomic E-state index is -2.09. The number of fused-ring (bicyclic) bond motifs is 2. The summed E-state index contributed by atoms with van der Waals surface area (Å²) in [4.78, 5) is 9.12. The molecule has 0 bridgehead atoms. The summed E-state index contributed by atoms with van der Waals surface area (Å²) in [6.45, 7) is 7.66. The molecule has 4 nitrogen and oxygen atoms in total. The zero-order valence-electron chi connectivity index (χ0n) is 29.8. The number of rotatable bonds is 6. The van der Waals surface area contributed by atoms with Gasteiger partial charge >= 0.3 is 0 Å². The van der Waals surface area contributed by atoms with Gasteiger partial charge in [0.15, 0.2) is 0 Å². The van der Waals surface area contributed by atoms with Crippen LogP contribution in [0.3, 0.4) is 0 Å². The number of pyridine rings is 1. The van der Waals surface area contributed by atoms with Crippen LogP contribution in [0.4, 0.5) is 0 Å². The zero-order chi connectivity index (χ0) is 34.0. The molecule has 0 aliphatic carbocycles. The van der Waals surface area contributed by atoms with Gasteiger partial charge in [-0.25, -0.2) is 0 Å². The third kappa shape index (κ3) is 6.85. The van der Waals surface area contributed by atoms with Gasteiger partial charge in [-0.1, -0.05) is 99.3 Å². The summed E-state index contributed by atoms with van der Waals surface area (Å²) >= 11 is 0. The normalized spacial score (nSPS) is 12.7. The molecule has 3 heterocycles. The maximum Gasteiger partial charge on any atom is 0.0770 e. The van der Waals surface area contributed by atoms with Crippen LogP contribution in [0.5, 0.6) is 0 Å². The van der Waals surface area contributed by atoms with Crippen LogP contribution >= 0.6 is 0 Å². The number of imidazole rings is 1. The van der Waals surface area contributed by atoms with Crippen molar-refractivity contribution >= 4 is 22.0 Å². The third-order valence-electron chi connectivity index (χ3n) is 7.79. The summed E-state index contributed by atoms with van der Waals surface area (Å²) < 4.78 is 37.6. The van der Waals surface area contributed by atoms with Crippen LogP contribution in [-0.2, 0) is 26.7 Å². The molecule has 0 unspecified atom stereocenters. The molecule has 45 heavy (non-hydrogen) atoms. The number of aryl methyl sites for hydroxylation is 1. The standard InChI is InChI=1S/C28H27N2O.C12H10N.Ir/c1-18(2)20-11-9-12-21(19(3)4)23(20)16-30-26-14-7-6-13-25(26)29-28(30)24-17-31-27-15-8-5-10-22(24)27;1-10-7-8-12(13-9-10)11-5-3-2-4-6-11;/h5-15,18-19H,16H2,1-4H3;2-5,7-9H,1H3;/q2*-1;/i8D;1D3;. The maximum atomic E-state index is 7.90. The smallest absolute Gasteiger partial charge is 0.0770 e. The van der Waals surface area contributed by atoms with E-state index in [1.807, 2.05) is 30.3 Å². The van der Waals surface area contributed by atoms with Crippen LogP contribution < -0.4 is 0 Å². The van der Waals surface area contributed by atoms with E-state index in [0.717, 1.165) is 45.6 Å². The molecule has 229 valence electrons. The van der Waals surface area contributed by atoms with Gasteiger partial charge in [-0.3, -0.25) is 4.98 Å². The first-order valence-corrected chi connectivity index (χ1v) is 14.9. The van der Waals surface area contributed by atoms with Crippen LogP contribution in [0.2, 0.25) is 0 Å². The van der Waals surface area contributed by atoms with E-state index in [2.05, 4.69) is 86.0 Å². The minimum Gasteiger partial charge on any atom is -0.557 e. The molecule has 0 saturated heterocycles. The summed E-state index contributed by atoms with van der Waals surface area (Å²) in [5.74, 6) is 1.70. The molecule has 0 aliphatic heterocycles. The first-order chi connectivity index (χ1) is 23.0. The molecule has 0 spiro atoms. The molecular formula is C40H37IrN3O-2. The van der Waals surface area contributed by atoms with Gasteiger partial charge in [0, 0.05) is 48.8 Å².